The van der Waals surface area contributed by atoms with Crippen LogP contribution in [0.1, 0.15) is 5.69 Å². The molecule has 0 N–H and O–H groups in total. The van der Waals surface area contributed by atoms with Gasteiger partial charge in [-0.05, 0) is 24.3 Å². The van der Waals surface area contributed by atoms with Gasteiger partial charge in [-0.3, -0.25) is 4.68 Å². The summed E-state index contributed by atoms with van der Waals surface area (Å²) in [7, 11) is 1.83. The highest BCUT2D eigenvalue weighted by Gasteiger charge is 2.04. The van der Waals surface area contributed by atoms with E-state index in [9.17, 15) is 4.39 Å². The van der Waals surface area contributed by atoms with Gasteiger partial charge in [-0.25, -0.2) is 4.39 Å². The molecule has 3 aromatic rings. The lowest BCUT2D eigenvalue weighted by molar-refractivity contribution is 0.629. The highest BCUT2D eigenvalue weighted by molar-refractivity contribution is 5.80. The van der Waals surface area contributed by atoms with Crippen molar-refractivity contribution < 1.29 is 4.39 Å². The maximum Gasteiger partial charge on any atom is 0.123 e. The van der Waals surface area contributed by atoms with E-state index in [1.165, 1.54) is 12.1 Å². The normalized spacial score (nSPS) is 11.2. The van der Waals surface area contributed by atoms with Crippen molar-refractivity contribution in [1.29, 1.82) is 0 Å². The third-order valence-electron chi connectivity index (χ3n) is 2.72. The Bertz CT molecular complexity index is 668. The molecular weight excluding hydrogens is 219 g/mol. The Labute approximate surface area is 97.3 Å². The highest BCUT2D eigenvalue weighted by atomic mass is 19.1. The van der Waals surface area contributed by atoms with Gasteiger partial charge in [-0.2, -0.15) is 0 Å². The molecule has 0 bridgehead atoms. The van der Waals surface area contributed by atoms with Gasteiger partial charge in [0.1, 0.15) is 11.5 Å². The van der Waals surface area contributed by atoms with Gasteiger partial charge in [-0.1, -0.05) is 5.21 Å². The smallest absolute Gasteiger partial charge is 0.123 e. The molecule has 0 aliphatic heterocycles. The maximum atomic E-state index is 13.0. The van der Waals surface area contributed by atoms with Gasteiger partial charge in [0.05, 0.1) is 6.54 Å². The molecule has 0 spiro atoms. The summed E-state index contributed by atoms with van der Waals surface area (Å²) in [6, 6.07) is 6.67. The van der Waals surface area contributed by atoms with E-state index in [1.54, 1.807) is 10.7 Å². The van der Waals surface area contributed by atoms with Gasteiger partial charge in [0.15, 0.2) is 0 Å². The van der Waals surface area contributed by atoms with Gasteiger partial charge in [0, 0.05) is 30.3 Å². The van der Waals surface area contributed by atoms with Crippen LogP contribution in [-0.2, 0) is 13.6 Å². The minimum Gasteiger partial charge on any atom is -0.341 e. The molecule has 0 amide bonds. The van der Waals surface area contributed by atoms with E-state index in [0.717, 1.165) is 16.6 Å². The van der Waals surface area contributed by atoms with Gasteiger partial charge in [-0.15, -0.1) is 5.10 Å². The lowest BCUT2D eigenvalue weighted by Gasteiger charge is -2.01. The zero-order valence-electron chi connectivity index (χ0n) is 9.34. The first kappa shape index (κ1) is 10.0. The molecule has 17 heavy (non-hydrogen) atoms. The first-order valence-corrected chi connectivity index (χ1v) is 5.32. The Morgan fingerprint density at radius 2 is 2.18 bits per heavy atom. The molecule has 1 aromatic carbocycles. The van der Waals surface area contributed by atoms with Crippen LogP contribution in [0.15, 0.2) is 36.7 Å². The van der Waals surface area contributed by atoms with Crippen molar-refractivity contribution in [2.24, 2.45) is 7.05 Å². The van der Waals surface area contributed by atoms with Crippen LogP contribution < -0.4 is 0 Å². The summed E-state index contributed by atoms with van der Waals surface area (Å²) >= 11 is 0. The number of aromatic nitrogens is 4. The number of hydrogen-bond donors (Lipinski definition) is 0. The molecule has 86 valence electrons. The summed E-state index contributed by atoms with van der Waals surface area (Å²) in [4.78, 5) is 0. The maximum absolute atomic E-state index is 13.0. The van der Waals surface area contributed by atoms with E-state index >= 15 is 0 Å². The molecule has 0 aliphatic carbocycles. The zero-order valence-corrected chi connectivity index (χ0v) is 9.34. The Hall–Kier alpha value is -2.17. The summed E-state index contributed by atoms with van der Waals surface area (Å²) in [5.74, 6) is -0.213. The standard InChI is InChI=1S/C12H11FN4/c1-16-7-11(14-15-16)8-17-5-4-9-6-10(13)2-3-12(9)17/h2-7H,8H2,1H3. The number of hydrogen-bond acceptors (Lipinski definition) is 2. The van der Waals surface area contributed by atoms with E-state index in [4.69, 9.17) is 0 Å². The Morgan fingerprint density at radius 1 is 1.29 bits per heavy atom. The average molecular weight is 230 g/mol. The Kier molecular flexibility index (Phi) is 2.18. The van der Waals surface area contributed by atoms with Crippen molar-refractivity contribution in [1.82, 2.24) is 19.6 Å². The topological polar surface area (TPSA) is 35.6 Å². The molecule has 5 heteroatoms. The summed E-state index contributed by atoms with van der Waals surface area (Å²) in [5, 5.41) is 8.81. The van der Waals surface area contributed by atoms with Crippen LogP contribution in [0, 0.1) is 5.82 Å². The molecule has 2 aromatic heterocycles. The van der Waals surface area contributed by atoms with Crippen molar-refractivity contribution >= 4 is 10.9 Å². The number of rotatable bonds is 2. The summed E-state index contributed by atoms with van der Waals surface area (Å²) in [6.45, 7) is 0.642. The second-order valence-corrected chi connectivity index (χ2v) is 4.03. The number of fused-ring (bicyclic) bond motifs is 1. The second kappa shape index (κ2) is 3.69. The van der Waals surface area contributed by atoms with Crippen LogP contribution in [0.25, 0.3) is 10.9 Å². The van der Waals surface area contributed by atoms with Crippen LogP contribution in [0.5, 0.6) is 0 Å². The predicted octanol–water partition coefficient (Wildman–Crippen LogP) is 1.96. The van der Waals surface area contributed by atoms with Gasteiger partial charge < -0.3 is 4.57 Å². The van der Waals surface area contributed by atoms with Crippen LogP contribution in [0.3, 0.4) is 0 Å². The number of halogens is 1. The fourth-order valence-corrected chi connectivity index (χ4v) is 1.95. The van der Waals surface area contributed by atoms with E-state index in [0.29, 0.717) is 6.54 Å². The fraction of sp³-hybridized carbons (Fsp3) is 0.167. The van der Waals surface area contributed by atoms with Crippen molar-refractivity contribution in [3.8, 4) is 0 Å². The monoisotopic (exact) mass is 230 g/mol. The molecule has 4 nitrogen and oxygen atoms in total. The molecule has 3 rings (SSSR count). The Morgan fingerprint density at radius 3 is 2.94 bits per heavy atom. The van der Waals surface area contributed by atoms with Gasteiger partial charge >= 0.3 is 0 Å². The third kappa shape index (κ3) is 1.80. The Balaban J connectivity index is 2.00. The van der Waals surface area contributed by atoms with Crippen LogP contribution in [-0.4, -0.2) is 19.6 Å². The van der Waals surface area contributed by atoms with E-state index in [-0.39, 0.29) is 5.82 Å². The first-order valence-electron chi connectivity index (χ1n) is 5.32. The third-order valence-corrected chi connectivity index (χ3v) is 2.72. The second-order valence-electron chi connectivity index (χ2n) is 4.03. The molecule has 0 atom stereocenters. The summed E-state index contributed by atoms with van der Waals surface area (Å²) in [5.41, 5.74) is 1.88. The summed E-state index contributed by atoms with van der Waals surface area (Å²) < 4.78 is 16.7. The van der Waals surface area contributed by atoms with Crippen molar-refractivity contribution in [3.63, 3.8) is 0 Å². The molecular formula is C12H11FN4. The number of nitrogens with zero attached hydrogens (tertiary/aromatic N) is 4. The first-order chi connectivity index (χ1) is 8.22. The molecule has 2 heterocycles. The minimum atomic E-state index is -0.213. The molecule has 0 aliphatic rings. The molecule has 0 radical (unpaired) electrons. The zero-order chi connectivity index (χ0) is 11.8. The van der Waals surface area contributed by atoms with Crippen molar-refractivity contribution in [3.05, 3.63) is 48.2 Å². The SMILES string of the molecule is Cn1cc(Cn2ccc3cc(F)ccc32)nn1. The molecule has 0 saturated heterocycles. The van der Waals surface area contributed by atoms with Gasteiger partial charge in [0.25, 0.3) is 0 Å². The fourth-order valence-electron chi connectivity index (χ4n) is 1.95. The van der Waals surface area contributed by atoms with Crippen LogP contribution in [0.4, 0.5) is 4.39 Å². The van der Waals surface area contributed by atoms with Crippen molar-refractivity contribution in [2.75, 3.05) is 0 Å². The minimum absolute atomic E-state index is 0.213. The average Bonchev–Trinajstić information content (AvgIpc) is 2.86. The highest BCUT2D eigenvalue weighted by Crippen LogP contribution is 2.17. The van der Waals surface area contributed by atoms with Crippen LogP contribution >= 0.6 is 0 Å². The van der Waals surface area contributed by atoms with Crippen LogP contribution in [0.2, 0.25) is 0 Å². The largest absolute Gasteiger partial charge is 0.341 e. The molecule has 0 saturated carbocycles. The lowest BCUT2D eigenvalue weighted by Crippen LogP contribution is -1.98. The predicted molar refractivity (Wildman–Crippen MR) is 62.0 cm³/mol. The number of aryl methyl sites for hydroxylation is 1. The van der Waals surface area contributed by atoms with Crippen molar-refractivity contribution in [2.45, 2.75) is 6.54 Å². The molecule has 0 unspecified atom stereocenters. The lowest BCUT2D eigenvalue weighted by atomic mass is 10.2. The van der Waals surface area contributed by atoms with E-state index in [1.807, 2.05) is 30.1 Å². The summed E-state index contributed by atoms with van der Waals surface area (Å²) in [6.07, 6.45) is 3.80. The van der Waals surface area contributed by atoms with Gasteiger partial charge in [0.2, 0.25) is 0 Å². The molecule has 0 fully saturated rings. The number of benzene rings is 1. The van der Waals surface area contributed by atoms with E-state index in [2.05, 4.69) is 10.3 Å². The van der Waals surface area contributed by atoms with E-state index < -0.39 is 0 Å². The quantitative estimate of drug-likeness (QED) is 0.674.